The maximum atomic E-state index is 12.7. The van der Waals surface area contributed by atoms with Crippen molar-refractivity contribution < 1.29 is 9.59 Å². The zero-order valence-electron chi connectivity index (χ0n) is 20.1. The number of halogens is 1. The zero-order valence-corrected chi connectivity index (χ0v) is 21.7. The van der Waals surface area contributed by atoms with Crippen molar-refractivity contribution in [1.29, 1.82) is 0 Å². The van der Waals surface area contributed by atoms with Gasteiger partial charge in [-0.1, -0.05) is 28.1 Å². The second-order valence-corrected chi connectivity index (χ2v) is 11.3. The van der Waals surface area contributed by atoms with Gasteiger partial charge in [-0.3, -0.25) is 24.5 Å². The zero-order chi connectivity index (χ0) is 25.0. The molecule has 36 heavy (non-hydrogen) atoms. The normalized spacial score (nSPS) is 27.4. The number of nitrogens with zero attached hydrogens (tertiary/aromatic N) is 3. The molecule has 0 aromatic heterocycles. The third-order valence-electron chi connectivity index (χ3n) is 7.65. The molecule has 4 aliphatic rings. The fraction of sp³-hybridized carbons (Fsp3) is 0.357. The van der Waals surface area contributed by atoms with Crippen molar-refractivity contribution in [3.63, 3.8) is 0 Å². The van der Waals surface area contributed by atoms with Gasteiger partial charge in [-0.25, -0.2) is 0 Å². The van der Waals surface area contributed by atoms with Crippen LogP contribution in [0.25, 0.3) is 0 Å². The molecule has 2 fully saturated rings. The number of aliphatic imine (C=N–C) groups is 2. The number of carbonyl (C=O) groups is 2. The van der Waals surface area contributed by atoms with E-state index in [1.54, 1.807) is 24.3 Å². The number of allylic oxidation sites excluding steroid dienone is 1. The minimum Gasteiger partial charge on any atom is -0.401 e. The summed E-state index contributed by atoms with van der Waals surface area (Å²) in [6, 6.07) is 13.2. The van der Waals surface area contributed by atoms with Gasteiger partial charge in [0, 0.05) is 34.7 Å². The van der Waals surface area contributed by atoms with Crippen LogP contribution in [-0.4, -0.2) is 47.3 Å². The first-order valence-electron chi connectivity index (χ1n) is 12.4. The SMILES string of the molecule is CC1(C(C=NC2CC(CN3C(=O)c4ccccc4C3=O)C2)=C(N)C2CC2)C=Nc2ccc(Br)cc2N1. The van der Waals surface area contributed by atoms with Crippen molar-refractivity contribution in [3.8, 4) is 0 Å². The lowest BCUT2D eigenvalue weighted by Gasteiger charge is -2.36. The Kier molecular flexibility index (Phi) is 5.59. The second kappa shape index (κ2) is 8.69. The molecule has 1 unspecified atom stereocenters. The van der Waals surface area contributed by atoms with Gasteiger partial charge >= 0.3 is 0 Å². The average Bonchev–Trinajstić information content (AvgIpc) is 3.66. The Labute approximate surface area is 218 Å². The van der Waals surface area contributed by atoms with E-state index in [1.165, 1.54) is 4.90 Å². The molecule has 0 saturated heterocycles. The van der Waals surface area contributed by atoms with E-state index in [9.17, 15) is 9.59 Å². The molecular weight excluding hydrogens is 518 g/mol. The largest absolute Gasteiger partial charge is 0.401 e. The summed E-state index contributed by atoms with van der Waals surface area (Å²) in [5, 5.41) is 3.62. The molecule has 2 aliphatic carbocycles. The van der Waals surface area contributed by atoms with E-state index in [2.05, 4.69) is 28.2 Å². The number of fused-ring (bicyclic) bond motifs is 2. The summed E-state index contributed by atoms with van der Waals surface area (Å²) in [6.07, 6.45) is 7.74. The van der Waals surface area contributed by atoms with Crippen LogP contribution in [0.2, 0.25) is 0 Å². The molecule has 2 saturated carbocycles. The number of nitrogens with one attached hydrogen (secondary N) is 1. The average molecular weight is 546 g/mol. The lowest BCUT2D eigenvalue weighted by molar-refractivity contribution is 0.0591. The van der Waals surface area contributed by atoms with Crippen LogP contribution in [0, 0.1) is 11.8 Å². The first-order valence-corrected chi connectivity index (χ1v) is 13.2. The lowest BCUT2D eigenvalue weighted by Crippen LogP contribution is -2.43. The Morgan fingerprint density at radius 3 is 2.56 bits per heavy atom. The van der Waals surface area contributed by atoms with Crippen molar-refractivity contribution in [1.82, 2.24) is 4.90 Å². The standard InChI is InChI=1S/C28H28BrN5O2/c1-28(15-32-23-9-8-18(29)12-24(23)33-28)22(25(30)17-6-7-17)13-31-19-10-16(11-19)14-34-26(35)20-4-2-3-5-21(20)27(34)36/h2-5,8-9,12-13,15-17,19,33H,6-7,10-11,14,30H2,1H3. The van der Waals surface area contributed by atoms with Crippen LogP contribution in [0.5, 0.6) is 0 Å². The Hall–Kier alpha value is -3.26. The summed E-state index contributed by atoms with van der Waals surface area (Å²) in [6.45, 7) is 2.53. The van der Waals surface area contributed by atoms with Gasteiger partial charge in [-0.05, 0) is 74.8 Å². The van der Waals surface area contributed by atoms with Gasteiger partial charge in [0.2, 0.25) is 0 Å². The number of hydrogen-bond donors (Lipinski definition) is 2. The van der Waals surface area contributed by atoms with E-state index in [0.29, 0.717) is 23.6 Å². The molecule has 0 radical (unpaired) electrons. The van der Waals surface area contributed by atoms with Crippen LogP contribution in [0.1, 0.15) is 53.3 Å². The highest BCUT2D eigenvalue weighted by atomic mass is 79.9. The molecule has 1 atom stereocenters. The summed E-state index contributed by atoms with van der Waals surface area (Å²) < 4.78 is 0.987. The highest BCUT2D eigenvalue weighted by Gasteiger charge is 2.40. The Morgan fingerprint density at radius 1 is 1.19 bits per heavy atom. The van der Waals surface area contributed by atoms with E-state index in [4.69, 9.17) is 15.7 Å². The quantitative estimate of drug-likeness (QED) is 0.389. The van der Waals surface area contributed by atoms with Crippen molar-refractivity contribution in [2.45, 2.75) is 44.2 Å². The summed E-state index contributed by atoms with van der Waals surface area (Å²) in [4.78, 5) is 36.3. The molecule has 0 spiro atoms. The van der Waals surface area contributed by atoms with E-state index < -0.39 is 5.54 Å². The van der Waals surface area contributed by atoms with E-state index in [0.717, 1.165) is 52.8 Å². The molecule has 6 rings (SSSR count). The van der Waals surface area contributed by atoms with Crippen molar-refractivity contribution in [2.75, 3.05) is 11.9 Å². The molecule has 3 N–H and O–H groups in total. The molecule has 2 amide bonds. The smallest absolute Gasteiger partial charge is 0.261 e. The number of imide groups is 1. The predicted octanol–water partition coefficient (Wildman–Crippen LogP) is 5.10. The number of amides is 2. The van der Waals surface area contributed by atoms with Crippen LogP contribution >= 0.6 is 15.9 Å². The lowest BCUT2D eigenvalue weighted by atomic mass is 9.80. The minimum atomic E-state index is -0.562. The molecule has 8 heteroatoms. The Bertz CT molecular complexity index is 1320. The summed E-state index contributed by atoms with van der Waals surface area (Å²) in [7, 11) is 0. The molecule has 2 heterocycles. The molecule has 2 aromatic rings. The molecular formula is C28H28BrN5O2. The number of nitrogens with two attached hydrogens (primary N) is 1. The van der Waals surface area contributed by atoms with E-state index >= 15 is 0 Å². The fourth-order valence-electron chi connectivity index (χ4n) is 5.31. The summed E-state index contributed by atoms with van der Waals surface area (Å²) in [5.41, 5.74) is 10.8. The van der Waals surface area contributed by atoms with Crippen molar-refractivity contribution in [3.05, 3.63) is 69.3 Å². The summed E-state index contributed by atoms with van der Waals surface area (Å²) in [5.74, 6) is 0.280. The van der Waals surface area contributed by atoms with Gasteiger partial charge in [0.05, 0.1) is 34.1 Å². The van der Waals surface area contributed by atoms with Crippen LogP contribution in [-0.2, 0) is 0 Å². The Balaban J connectivity index is 1.14. The van der Waals surface area contributed by atoms with Gasteiger partial charge in [0.1, 0.15) is 0 Å². The van der Waals surface area contributed by atoms with Gasteiger partial charge in [-0.15, -0.1) is 0 Å². The third-order valence-corrected chi connectivity index (χ3v) is 8.14. The molecule has 184 valence electrons. The van der Waals surface area contributed by atoms with Crippen molar-refractivity contribution >= 4 is 51.5 Å². The van der Waals surface area contributed by atoms with E-state index in [-0.39, 0.29) is 23.8 Å². The number of anilines is 1. The van der Waals surface area contributed by atoms with Gasteiger partial charge < -0.3 is 11.1 Å². The monoisotopic (exact) mass is 545 g/mol. The van der Waals surface area contributed by atoms with Gasteiger partial charge in [0.15, 0.2) is 0 Å². The maximum absolute atomic E-state index is 12.7. The minimum absolute atomic E-state index is 0.151. The molecule has 7 nitrogen and oxygen atoms in total. The first kappa shape index (κ1) is 23.2. The number of benzene rings is 2. The topological polar surface area (TPSA) is 100 Å². The highest BCUT2D eigenvalue weighted by Crippen LogP contribution is 2.41. The second-order valence-electron chi connectivity index (χ2n) is 10.4. The fourth-order valence-corrected chi connectivity index (χ4v) is 5.67. The predicted molar refractivity (Wildman–Crippen MR) is 145 cm³/mol. The van der Waals surface area contributed by atoms with E-state index in [1.807, 2.05) is 30.6 Å². The number of rotatable bonds is 6. The number of carbonyl (C=O) groups excluding carboxylic acids is 2. The van der Waals surface area contributed by atoms with Gasteiger partial charge in [0.25, 0.3) is 11.8 Å². The van der Waals surface area contributed by atoms with Crippen LogP contribution in [0.3, 0.4) is 0 Å². The summed E-state index contributed by atoms with van der Waals surface area (Å²) >= 11 is 3.55. The number of hydrogen-bond acceptors (Lipinski definition) is 6. The van der Waals surface area contributed by atoms with Crippen LogP contribution in [0.15, 0.2) is 68.2 Å². The Morgan fingerprint density at radius 2 is 1.89 bits per heavy atom. The third kappa shape index (κ3) is 4.07. The van der Waals surface area contributed by atoms with Crippen molar-refractivity contribution in [2.24, 2.45) is 27.6 Å². The molecule has 2 aliphatic heterocycles. The maximum Gasteiger partial charge on any atom is 0.261 e. The molecule has 2 aromatic carbocycles. The van der Waals surface area contributed by atoms with Crippen LogP contribution < -0.4 is 11.1 Å². The van der Waals surface area contributed by atoms with Crippen LogP contribution in [0.4, 0.5) is 11.4 Å². The molecule has 0 bridgehead atoms. The first-order chi connectivity index (χ1) is 17.3. The highest BCUT2D eigenvalue weighted by molar-refractivity contribution is 9.10. The van der Waals surface area contributed by atoms with Gasteiger partial charge in [-0.2, -0.15) is 0 Å².